The van der Waals surface area contributed by atoms with Gasteiger partial charge in [0.2, 0.25) is 5.55 Å². The van der Waals surface area contributed by atoms with Gasteiger partial charge in [-0.2, -0.15) is 13.2 Å². The van der Waals surface area contributed by atoms with Gasteiger partial charge in [-0.1, -0.05) is 17.7 Å². The molecule has 0 spiro atoms. The van der Waals surface area contributed by atoms with E-state index in [4.69, 9.17) is 20.8 Å². The summed E-state index contributed by atoms with van der Waals surface area (Å²) in [5.74, 6) is -0.466. The second kappa shape index (κ2) is 8.72. The lowest BCUT2D eigenvalue weighted by Gasteiger charge is -2.11. The lowest BCUT2D eigenvalue weighted by molar-refractivity contribution is -0.137. The second-order valence-corrected chi connectivity index (χ2v) is 7.59. The van der Waals surface area contributed by atoms with Crippen LogP contribution in [0.2, 0.25) is 5.02 Å². The van der Waals surface area contributed by atoms with E-state index in [1.54, 1.807) is 24.3 Å². The van der Waals surface area contributed by atoms with Crippen LogP contribution in [0.25, 0.3) is 11.0 Å². The number of alkyl halides is 3. The first-order valence-electron chi connectivity index (χ1n) is 9.65. The topological polar surface area (TPSA) is 63.8 Å². The molecule has 2 heterocycles. The van der Waals surface area contributed by atoms with Crippen molar-refractivity contribution in [1.29, 1.82) is 0 Å². The van der Waals surface area contributed by atoms with E-state index in [1.807, 2.05) is 0 Å². The van der Waals surface area contributed by atoms with E-state index in [9.17, 15) is 18.0 Å². The Hall–Kier alpha value is -2.84. The number of hydrogen-bond donors (Lipinski definition) is 1. The molecule has 0 radical (unpaired) electrons. The Morgan fingerprint density at radius 1 is 1.19 bits per heavy atom. The molecule has 1 fully saturated rings. The van der Waals surface area contributed by atoms with Crippen molar-refractivity contribution in [2.75, 3.05) is 13.2 Å². The summed E-state index contributed by atoms with van der Waals surface area (Å²) in [6, 6.07) is 10.9. The van der Waals surface area contributed by atoms with Crippen molar-refractivity contribution >= 4 is 34.2 Å². The lowest BCUT2D eigenvalue weighted by Crippen LogP contribution is -2.34. The summed E-state index contributed by atoms with van der Waals surface area (Å²) in [5, 5.41) is 3.81. The monoisotopic (exact) mass is 450 g/mol. The molecule has 9 heteroatoms. The maximum atomic E-state index is 13.1. The summed E-state index contributed by atoms with van der Waals surface area (Å²) in [4.78, 5) is 17.1. The van der Waals surface area contributed by atoms with Crippen LogP contribution in [0.1, 0.15) is 28.8 Å². The zero-order chi connectivity index (χ0) is 22.0. The van der Waals surface area contributed by atoms with Crippen LogP contribution in [-0.4, -0.2) is 25.2 Å². The predicted molar refractivity (Wildman–Crippen MR) is 109 cm³/mol. The Morgan fingerprint density at radius 2 is 2.03 bits per heavy atom. The number of amides is 1. The Kier molecular flexibility index (Phi) is 6.02. The number of hydrogen-bond acceptors (Lipinski definition) is 4. The minimum Gasteiger partial charge on any atom is -0.438 e. The van der Waals surface area contributed by atoms with Crippen LogP contribution in [0.5, 0.6) is 0 Å². The molecular formula is C22H18ClF3N2O3. The van der Waals surface area contributed by atoms with Crippen molar-refractivity contribution in [2.24, 2.45) is 4.99 Å². The zero-order valence-corrected chi connectivity index (χ0v) is 17.0. The molecular weight excluding hydrogens is 433 g/mol. The normalized spacial score (nSPS) is 17.3. The van der Waals surface area contributed by atoms with Gasteiger partial charge in [-0.25, -0.2) is 4.99 Å². The molecule has 1 aromatic heterocycles. The first kappa shape index (κ1) is 21.4. The molecule has 1 atom stereocenters. The van der Waals surface area contributed by atoms with Crippen LogP contribution < -0.4 is 10.9 Å². The molecule has 0 unspecified atom stereocenters. The fourth-order valence-corrected chi connectivity index (χ4v) is 3.50. The molecule has 31 heavy (non-hydrogen) atoms. The number of carbonyl (C=O) groups is 1. The predicted octanol–water partition coefficient (Wildman–Crippen LogP) is 5.25. The van der Waals surface area contributed by atoms with E-state index >= 15 is 0 Å². The van der Waals surface area contributed by atoms with E-state index in [1.165, 1.54) is 12.1 Å². The highest BCUT2D eigenvalue weighted by Crippen LogP contribution is 2.31. The van der Waals surface area contributed by atoms with Crippen molar-refractivity contribution < 1.29 is 27.1 Å². The van der Waals surface area contributed by atoms with Crippen molar-refractivity contribution in [3.63, 3.8) is 0 Å². The third-order valence-electron chi connectivity index (χ3n) is 4.87. The molecule has 1 aliphatic heterocycles. The number of ether oxygens (including phenoxy) is 1. The van der Waals surface area contributed by atoms with E-state index in [-0.39, 0.29) is 22.9 Å². The minimum absolute atomic E-state index is 0.0139. The summed E-state index contributed by atoms with van der Waals surface area (Å²) in [5.41, 5.74) is -0.444. The third-order valence-corrected chi connectivity index (χ3v) is 5.11. The molecule has 4 rings (SSSR count). The van der Waals surface area contributed by atoms with Gasteiger partial charge in [-0.05, 0) is 55.3 Å². The fraction of sp³-hybridized carbons (Fsp3) is 0.273. The molecule has 1 amide bonds. The molecule has 162 valence electrons. The summed E-state index contributed by atoms with van der Waals surface area (Å²) in [6.07, 6.45) is -2.80. The Bertz CT molecular complexity index is 1180. The fourth-order valence-electron chi connectivity index (χ4n) is 3.32. The standard InChI is InChI=1S/C22H18ClF3N2O3/c23-15-6-7-19-13(9-15)10-18(20(29)27-12-17-5-2-8-30-17)21(31-19)28-16-4-1-3-14(11-16)22(24,25)26/h1,3-4,6-7,9-11,17H,2,5,8,12H2,(H,27,29)/t17-/m1/s1. The lowest BCUT2D eigenvalue weighted by atomic mass is 10.1. The molecule has 0 saturated carbocycles. The maximum absolute atomic E-state index is 13.1. The number of halogens is 4. The van der Waals surface area contributed by atoms with Gasteiger partial charge in [0.15, 0.2) is 0 Å². The van der Waals surface area contributed by atoms with E-state index < -0.39 is 17.6 Å². The van der Waals surface area contributed by atoms with E-state index in [0.29, 0.717) is 29.1 Å². The van der Waals surface area contributed by atoms with Gasteiger partial charge in [0, 0.05) is 23.6 Å². The molecule has 1 saturated heterocycles. The van der Waals surface area contributed by atoms with Crippen LogP contribution >= 0.6 is 11.6 Å². The highest BCUT2D eigenvalue weighted by Gasteiger charge is 2.30. The maximum Gasteiger partial charge on any atom is 0.416 e. The van der Waals surface area contributed by atoms with Gasteiger partial charge >= 0.3 is 6.18 Å². The van der Waals surface area contributed by atoms with Crippen molar-refractivity contribution in [3.05, 3.63) is 70.2 Å². The molecule has 0 aliphatic carbocycles. The molecule has 0 bridgehead atoms. The van der Waals surface area contributed by atoms with Crippen LogP contribution in [0.4, 0.5) is 18.9 Å². The van der Waals surface area contributed by atoms with Gasteiger partial charge in [0.25, 0.3) is 5.91 Å². The van der Waals surface area contributed by atoms with Crippen molar-refractivity contribution in [2.45, 2.75) is 25.1 Å². The van der Waals surface area contributed by atoms with E-state index in [0.717, 1.165) is 25.0 Å². The van der Waals surface area contributed by atoms with E-state index in [2.05, 4.69) is 10.3 Å². The summed E-state index contributed by atoms with van der Waals surface area (Å²) in [7, 11) is 0. The average Bonchev–Trinajstić information content (AvgIpc) is 3.25. The Balaban J connectivity index is 1.77. The van der Waals surface area contributed by atoms with Crippen LogP contribution in [-0.2, 0) is 10.9 Å². The number of nitrogens with one attached hydrogen (secondary N) is 1. The zero-order valence-electron chi connectivity index (χ0n) is 16.2. The third kappa shape index (κ3) is 5.08. The summed E-state index contributed by atoms with van der Waals surface area (Å²) >= 11 is 6.04. The molecule has 2 aromatic carbocycles. The molecule has 1 aliphatic rings. The highest BCUT2D eigenvalue weighted by molar-refractivity contribution is 6.31. The second-order valence-electron chi connectivity index (χ2n) is 7.15. The Labute approximate surface area is 180 Å². The van der Waals surface area contributed by atoms with Crippen molar-refractivity contribution in [1.82, 2.24) is 5.32 Å². The molecule has 5 nitrogen and oxygen atoms in total. The highest BCUT2D eigenvalue weighted by atomic mass is 35.5. The SMILES string of the molecule is O=C(NC[C@H]1CCCO1)c1cc2cc(Cl)ccc2oc1=Nc1cccc(C(F)(F)F)c1. The van der Waals surface area contributed by atoms with Gasteiger partial charge in [-0.15, -0.1) is 0 Å². The van der Waals surface area contributed by atoms with Crippen LogP contribution in [0.15, 0.2) is 57.9 Å². The number of benzene rings is 2. The minimum atomic E-state index is -4.51. The largest absolute Gasteiger partial charge is 0.438 e. The van der Waals surface area contributed by atoms with Gasteiger partial charge in [-0.3, -0.25) is 4.79 Å². The number of nitrogens with zero attached hydrogens (tertiary/aromatic N) is 1. The molecule has 1 N–H and O–H groups in total. The van der Waals surface area contributed by atoms with Gasteiger partial charge in [0.05, 0.1) is 17.4 Å². The Morgan fingerprint density at radius 3 is 2.77 bits per heavy atom. The number of rotatable bonds is 4. The quantitative estimate of drug-likeness (QED) is 0.590. The number of fused-ring (bicyclic) bond motifs is 1. The first-order valence-corrected chi connectivity index (χ1v) is 10.0. The summed E-state index contributed by atoms with van der Waals surface area (Å²) in [6.45, 7) is 0.968. The first-order chi connectivity index (χ1) is 14.8. The molecule has 3 aromatic rings. The van der Waals surface area contributed by atoms with Crippen LogP contribution in [0, 0.1) is 0 Å². The van der Waals surface area contributed by atoms with Crippen LogP contribution in [0.3, 0.4) is 0 Å². The van der Waals surface area contributed by atoms with Crippen molar-refractivity contribution in [3.8, 4) is 0 Å². The summed E-state index contributed by atoms with van der Waals surface area (Å²) < 4.78 is 50.4. The number of carbonyl (C=O) groups excluding carboxylic acids is 1. The van der Waals surface area contributed by atoms with Gasteiger partial charge < -0.3 is 14.5 Å². The average molecular weight is 451 g/mol. The van der Waals surface area contributed by atoms with Gasteiger partial charge in [0.1, 0.15) is 11.1 Å². The smallest absolute Gasteiger partial charge is 0.416 e.